The van der Waals surface area contributed by atoms with Gasteiger partial charge in [-0.3, -0.25) is 11.3 Å². The molecule has 0 amide bonds. The van der Waals surface area contributed by atoms with Crippen molar-refractivity contribution < 1.29 is 4.74 Å². The minimum absolute atomic E-state index is 0.198. The molecule has 1 aromatic heterocycles. The van der Waals surface area contributed by atoms with Gasteiger partial charge in [0.1, 0.15) is 5.82 Å². The minimum atomic E-state index is 0.198. The molecule has 0 bridgehead atoms. The fourth-order valence-electron chi connectivity index (χ4n) is 3.12. The first-order valence-corrected chi connectivity index (χ1v) is 7.76. The number of para-hydroxylation sites is 2. The van der Waals surface area contributed by atoms with Crippen LogP contribution in [0.4, 0.5) is 0 Å². The number of imidazole rings is 1. The van der Waals surface area contributed by atoms with Gasteiger partial charge >= 0.3 is 0 Å². The number of nitrogens with one attached hydrogen (secondary N) is 1. The molecule has 2 unspecified atom stereocenters. The summed E-state index contributed by atoms with van der Waals surface area (Å²) in [5.74, 6) is 6.80. The van der Waals surface area contributed by atoms with Crippen molar-refractivity contribution in [2.24, 2.45) is 12.9 Å². The van der Waals surface area contributed by atoms with Crippen LogP contribution >= 0.6 is 0 Å². The average molecular weight is 288 g/mol. The molecular formula is C16H24N4O. The third-order valence-electron chi connectivity index (χ3n) is 4.37. The van der Waals surface area contributed by atoms with E-state index in [9.17, 15) is 0 Å². The summed E-state index contributed by atoms with van der Waals surface area (Å²) < 4.78 is 7.97. The van der Waals surface area contributed by atoms with Crippen LogP contribution < -0.4 is 11.3 Å². The number of aryl methyl sites for hydroxylation is 1. The molecule has 0 saturated carbocycles. The predicted molar refractivity (Wildman–Crippen MR) is 83.7 cm³/mol. The molecule has 5 heteroatoms. The zero-order valence-corrected chi connectivity index (χ0v) is 12.6. The normalized spacial score (nSPS) is 20.8. The van der Waals surface area contributed by atoms with Crippen molar-refractivity contribution in [1.82, 2.24) is 15.0 Å². The molecule has 2 atom stereocenters. The SMILES string of the molecule is Cn1c(CC(CC2CCCCO2)NN)nc2ccccc21. The third kappa shape index (κ3) is 3.26. The summed E-state index contributed by atoms with van der Waals surface area (Å²) in [6.45, 7) is 0.883. The van der Waals surface area contributed by atoms with Gasteiger partial charge in [-0.2, -0.15) is 0 Å². The van der Waals surface area contributed by atoms with E-state index in [2.05, 4.69) is 23.1 Å². The molecule has 21 heavy (non-hydrogen) atoms. The van der Waals surface area contributed by atoms with Gasteiger partial charge in [-0.1, -0.05) is 12.1 Å². The molecule has 2 aromatic rings. The van der Waals surface area contributed by atoms with Crippen molar-refractivity contribution in [3.63, 3.8) is 0 Å². The van der Waals surface area contributed by atoms with Crippen molar-refractivity contribution in [3.05, 3.63) is 30.1 Å². The van der Waals surface area contributed by atoms with E-state index in [-0.39, 0.29) is 6.04 Å². The summed E-state index contributed by atoms with van der Waals surface area (Å²) in [7, 11) is 2.06. The van der Waals surface area contributed by atoms with E-state index in [1.165, 1.54) is 12.8 Å². The van der Waals surface area contributed by atoms with Crippen LogP contribution in [0.25, 0.3) is 11.0 Å². The second-order valence-corrected chi connectivity index (χ2v) is 5.87. The molecule has 1 aliphatic heterocycles. The Morgan fingerprint density at radius 3 is 3.00 bits per heavy atom. The number of hydrazine groups is 1. The molecule has 3 N–H and O–H groups in total. The molecule has 0 aliphatic carbocycles. The van der Waals surface area contributed by atoms with Gasteiger partial charge in [0.05, 0.1) is 17.1 Å². The van der Waals surface area contributed by atoms with Gasteiger partial charge in [0.15, 0.2) is 0 Å². The molecule has 3 rings (SSSR count). The smallest absolute Gasteiger partial charge is 0.111 e. The van der Waals surface area contributed by atoms with Crippen LogP contribution in [0.3, 0.4) is 0 Å². The van der Waals surface area contributed by atoms with Crippen molar-refractivity contribution in [1.29, 1.82) is 0 Å². The Kier molecular flexibility index (Phi) is 4.53. The molecule has 1 fully saturated rings. The maximum absolute atomic E-state index is 5.81. The van der Waals surface area contributed by atoms with Gasteiger partial charge in [0.25, 0.3) is 0 Å². The Morgan fingerprint density at radius 1 is 1.43 bits per heavy atom. The lowest BCUT2D eigenvalue weighted by atomic mass is 10.00. The largest absolute Gasteiger partial charge is 0.378 e. The monoisotopic (exact) mass is 288 g/mol. The van der Waals surface area contributed by atoms with Gasteiger partial charge in [-0.05, 0) is 37.8 Å². The zero-order valence-electron chi connectivity index (χ0n) is 12.6. The number of fused-ring (bicyclic) bond motifs is 1. The number of rotatable bonds is 5. The quantitative estimate of drug-likeness (QED) is 0.651. The number of nitrogens with two attached hydrogens (primary N) is 1. The van der Waals surface area contributed by atoms with Crippen molar-refractivity contribution in [2.45, 2.75) is 44.2 Å². The van der Waals surface area contributed by atoms with Crippen molar-refractivity contribution in [2.75, 3.05) is 6.61 Å². The van der Waals surface area contributed by atoms with Crippen LogP contribution in [0.5, 0.6) is 0 Å². The van der Waals surface area contributed by atoms with E-state index >= 15 is 0 Å². The molecular weight excluding hydrogens is 264 g/mol. The highest BCUT2D eigenvalue weighted by atomic mass is 16.5. The second kappa shape index (κ2) is 6.56. The number of benzene rings is 1. The number of hydrogen-bond donors (Lipinski definition) is 2. The van der Waals surface area contributed by atoms with E-state index in [1.54, 1.807) is 0 Å². The van der Waals surface area contributed by atoms with Crippen LogP contribution in [0.1, 0.15) is 31.5 Å². The van der Waals surface area contributed by atoms with Crippen LogP contribution in [0.2, 0.25) is 0 Å². The van der Waals surface area contributed by atoms with Crippen LogP contribution in [0.15, 0.2) is 24.3 Å². The molecule has 1 aliphatic rings. The highest BCUT2D eigenvalue weighted by Crippen LogP contribution is 2.20. The zero-order chi connectivity index (χ0) is 14.7. The predicted octanol–water partition coefficient (Wildman–Crippen LogP) is 1.91. The minimum Gasteiger partial charge on any atom is -0.378 e. The fraction of sp³-hybridized carbons (Fsp3) is 0.562. The highest BCUT2D eigenvalue weighted by Gasteiger charge is 2.21. The molecule has 1 aromatic carbocycles. The number of ether oxygens (including phenoxy) is 1. The lowest BCUT2D eigenvalue weighted by Crippen LogP contribution is -2.41. The molecule has 114 valence electrons. The van der Waals surface area contributed by atoms with Gasteiger partial charge in [-0.25, -0.2) is 4.98 Å². The first kappa shape index (κ1) is 14.5. The van der Waals surface area contributed by atoms with Gasteiger partial charge in [0.2, 0.25) is 0 Å². The summed E-state index contributed by atoms with van der Waals surface area (Å²) in [5.41, 5.74) is 5.14. The average Bonchev–Trinajstić information content (AvgIpc) is 2.84. The summed E-state index contributed by atoms with van der Waals surface area (Å²) >= 11 is 0. The van der Waals surface area contributed by atoms with Gasteiger partial charge < -0.3 is 9.30 Å². The third-order valence-corrected chi connectivity index (χ3v) is 4.37. The summed E-state index contributed by atoms with van der Waals surface area (Å²) in [6.07, 6.45) is 5.67. The van der Waals surface area contributed by atoms with E-state index in [4.69, 9.17) is 15.6 Å². The Bertz CT molecular complexity index is 589. The maximum Gasteiger partial charge on any atom is 0.111 e. The first-order valence-electron chi connectivity index (χ1n) is 7.76. The van der Waals surface area contributed by atoms with E-state index in [1.807, 2.05) is 18.2 Å². The van der Waals surface area contributed by atoms with E-state index in [0.717, 1.165) is 42.7 Å². The second-order valence-electron chi connectivity index (χ2n) is 5.87. The number of hydrogen-bond acceptors (Lipinski definition) is 4. The summed E-state index contributed by atoms with van der Waals surface area (Å²) in [4.78, 5) is 4.72. The van der Waals surface area contributed by atoms with Crippen LogP contribution in [-0.2, 0) is 18.2 Å². The maximum atomic E-state index is 5.81. The number of aromatic nitrogens is 2. The standard InChI is InChI=1S/C16H24N4O/c1-20-15-8-3-2-7-14(15)18-16(20)11-12(19-17)10-13-6-4-5-9-21-13/h2-3,7-8,12-13,19H,4-6,9-11,17H2,1H3. The fourth-order valence-corrected chi connectivity index (χ4v) is 3.12. The number of nitrogens with zero attached hydrogens (tertiary/aromatic N) is 2. The Morgan fingerprint density at radius 2 is 2.29 bits per heavy atom. The van der Waals surface area contributed by atoms with Crippen LogP contribution in [0, 0.1) is 0 Å². The Balaban J connectivity index is 1.71. The summed E-state index contributed by atoms with van der Waals surface area (Å²) in [5, 5.41) is 0. The van der Waals surface area contributed by atoms with Gasteiger partial charge in [-0.15, -0.1) is 0 Å². The Hall–Kier alpha value is -1.43. The first-order chi connectivity index (χ1) is 10.3. The Labute approximate surface area is 125 Å². The molecule has 2 heterocycles. The molecule has 5 nitrogen and oxygen atoms in total. The lowest BCUT2D eigenvalue weighted by Gasteiger charge is -2.26. The van der Waals surface area contributed by atoms with Crippen LogP contribution in [-0.4, -0.2) is 28.3 Å². The lowest BCUT2D eigenvalue weighted by molar-refractivity contribution is 0.00510. The topological polar surface area (TPSA) is 65.1 Å². The molecule has 1 saturated heterocycles. The van der Waals surface area contributed by atoms with Crippen molar-refractivity contribution >= 4 is 11.0 Å². The van der Waals surface area contributed by atoms with E-state index < -0.39 is 0 Å². The molecule has 0 radical (unpaired) electrons. The highest BCUT2D eigenvalue weighted by molar-refractivity contribution is 5.75. The van der Waals surface area contributed by atoms with Crippen molar-refractivity contribution in [3.8, 4) is 0 Å². The molecule has 0 spiro atoms. The van der Waals surface area contributed by atoms with Gasteiger partial charge in [0, 0.05) is 26.1 Å². The van der Waals surface area contributed by atoms with E-state index in [0.29, 0.717) is 6.10 Å². The summed E-state index contributed by atoms with van der Waals surface area (Å²) in [6, 6.07) is 8.41.